The maximum atomic E-state index is 11.9. The Balaban J connectivity index is 1.69. The first-order chi connectivity index (χ1) is 9.01. The molecule has 1 saturated heterocycles. The molecule has 2 rings (SSSR count). The van der Waals surface area contributed by atoms with Crippen molar-refractivity contribution in [3.8, 4) is 5.75 Å². The Bertz CT molecular complexity index is 424. The molecule has 0 bridgehead atoms. The average molecular weight is 263 g/mol. The van der Waals surface area contributed by atoms with Crippen LogP contribution in [0, 0.1) is 5.92 Å². The number of amides is 1. The molecule has 0 atom stereocenters. The van der Waals surface area contributed by atoms with Crippen molar-refractivity contribution in [2.75, 3.05) is 19.7 Å². The molecule has 4 nitrogen and oxygen atoms in total. The highest BCUT2D eigenvalue weighted by Crippen LogP contribution is 2.28. The van der Waals surface area contributed by atoms with Crippen molar-refractivity contribution in [1.29, 1.82) is 0 Å². The highest BCUT2D eigenvalue weighted by atomic mass is 16.5. The Morgan fingerprint density at radius 2 is 2.00 bits per heavy atom. The van der Waals surface area contributed by atoms with Crippen LogP contribution in [-0.4, -0.2) is 41.2 Å². The van der Waals surface area contributed by atoms with Crippen LogP contribution in [0.5, 0.6) is 5.75 Å². The predicted octanol–water partition coefficient (Wildman–Crippen LogP) is 1.68. The summed E-state index contributed by atoms with van der Waals surface area (Å²) < 4.78 is 5.48. The van der Waals surface area contributed by atoms with Gasteiger partial charge in [-0.1, -0.05) is 32.0 Å². The van der Waals surface area contributed by atoms with Gasteiger partial charge in [0.05, 0.1) is 26.1 Å². The van der Waals surface area contributed by atoms with Gasteiger partial charge in [0, 0.05) is 0 Å². The number of carbonyl (C=O) groups is 1. The highest BCUT2D eigenvalue weighted by Gasteiger charge is 2.45. The Hall–Kier alpha value is -1.55. The van der Waals surface area contributed by atoms with Gasteiger partial charge in [0.2, 0.25) is 5.91 Å². The van der Waals surface area contributed by atoms with Crippen molar-refractivity contribution in [3.05, 3.63) is 30.3 Å². The number of benzene rings is 1. The van der Waals surface area contributed by atoms with Crippen LogP contribution in [0.3, 0.4) is 0 Å². The molecular formula is C15H21NO3. The molecule has 0 saturated carbocycles. The second kappa shape index (κ2) is 5.61. The molecule has 1 N–H and O–H groups in total. The number of ether oxygens (including phenoxy) is 1. The SMILES string of the molecule is CC(C)C1(O)CN(C(=O)CCOc2ccccc2)C1. The smallest absolute Gasteiger partial charge is 0.226 e. The summed E-state index contributed by atoms with van der Waals surface area (Å²) in [5, 5.41) is 10.1. The topological polar surface area (TPSA) is 49.8 Å². The quantitative estimate of drug-likeness (QED) is 0.879. The van der Waals surface area contributed by atoms with Crippen molar-refractivity contribution in [2.24, 2.45) is 5.92 Å². The molecule has 0 radical (unpaired) electrons. The van der Waals surface area contributed by atoms with Crippen LogP contribution in [0.4, 0.5) is 0 Å². The first-order valence-corrected chi connectivity index (χ1v) is 6.69. The molecule has 1 heterocycles. The van der Waals surface area contributed by atoms with Crippen molar-refractivity contribution in [3.63, 3.8) is 0 Å². The van der Waals surface area contributed by atoms with E-state index in [4.69, 9.17) is 4.74 Å². The van der Waals surface area contributed by atoms with E-state index in [-0.39, 0.29) is 11.8 Å². The third-order valence-electron chi connectivity index (χ3n) is 3.68. The summed E-state index contributed by atoms with van der Waals surface area (Å²) in [6, 6.07) is 9.45. The first kappa shape index (κ1) is 13.9. The fraction of sp³-hybridized carbons (Fsp3) is 0.533. The van der Waals surface area contributed by atoms with Gasteiger partial charge in [0.1, 0.15) is 11.4 Å². The van der Waals surface area contributed by atoms with Gasteiger partial charge >= 0.3 is 0 Å². The number of nitrogens with zero attached hydrogens (tertiary/aromatic N) is 1. The van der Waals surface area contributed by atoms with Gasteiger partial charge in [-0.3, -0.25) is 4.79 Å². The molecule has 0 unspecified atom stereocenters. The molecule has 1 aliphatic heterocycles. The van der Waals surface area contributed by atoms with Crippen LogP contribution in [-0.2, 0) is 4.79 Å². The third kappa shape index (κ3) is 3.26. The fourth-order valence-electron chi connectivity index (χ4n) is 2.09. The molecule has 0 aliphatic carbocycles. The maximum absolute atomic E-state index is 11.9. The van der Waals surface area contributed by atoms with Gasteiger partial charge in [-0.15, -0.1) is 0 Å². The predicted molar refractivity (Wildman–Crippen MR) is 72.9 cm³/mol. The number of carbonyl (C=O) groups excluding carboxylic acids is 1. The van der Waals surface area contributed by atoms with Gasteiger partial charge in [-0.25, -0.2) is 0 Å². The summed E-state index contributed by atoms with van der Waals surface area (Å²) in [6.45, 7) is 5.20. The van der Waals surface area contributed by atoms with E-state index in [2.05, 4.69) is 0 Å². The van der Waals surface area contributed by atoms with Gasteiger partial charge in [-0.2, -0.15) is 0 Å². The van der Waals surface area contributed by atoms with Crippen LogP contribution in [0.2, 0.25) is 0 Å². The van der Waals surface area contributed by atoms with E-state index in [0.29, 0.717) is 26.1 Å². The summed E-state index contributed by atoms with van der Waals surface area (Å²) >= 11 is 0. The summed E-state index contributed by atoms with van der Waals surface area (Å²) in [5.74, 6) is 0.996. The lowest BCUT2D eigenvalue weighted by Gasteiger charge is -2.49. The van der Waals surface area contributed by atoms with Crippen LogP contribution in [0.15, 0.2) is 30.3 Å². The molecule has 1 aromatic rings. The van der Waals surface area contributed by atoms with E-state index in [9.17, 15) is 9.90 Å². The van der Waals surface area contributed by atoms with E-state index in [0.717, 1.165) is 5.75 Å². The van der Waals surface area contributed by atoms with E-state index in [1.54, 1.807) is 4.90 Å². The summed E-state index contributed by atoms with van der Waals surface area (Å²) in [7, 11) is 0. The molecular weight excluding hydrogens is 242 g/mol. The minimum Gasteiger partial charge on any atom is -0.493 e. The second-order valence-electron chi connectivity index (χ2n) is 5.42. The van der Waals surface area contributed by atoms with Crippen molar-refractivity contribution in [1.82, 2.24) is 4.90 Å². The Morgan fingerprint density at radius 3 is 2.58 bits per heavy atom. The number of hydrogen-bond donors (Lipinski definition) is 1. The van der Waals surface area contributed by atoms with E-state index >= 15 is 0 Å². The van der Waals surface area contributed by atoms with Crippen LogP contribution >= 0.6 is 0 Å². The van der Waals surface area contributed by atoms with Gasteiger partial charge < -0.3 is 14.7 Å². The summed E-state index contributed by atoms with van der Waals surface area (Å²) in [4.78, 5) is 13.5. The van der Waals surface area contributed by atoms with Gasteiger partial charge in [0.15, 0.2) is 0 Å². The van der Waals surface area contributed by atoms with E-state index in [1.165, 1.54) is 0 Å². The minimum absolute atomic E-state index is 0.0428. The van der Waals surface area contributed by atoms with Crippen LogP contribution in [0.1, 0.15) is 20.3 Å². The Kier molecular flexibility index (Phi) is 4.10. The monoisotopic (exact) mass is 263 g/mol. The van der Waals surface area contributed by atoms with E-state index < -0.39 is 5.60 Å². The van der Waals surface area contributed by atoms with E-state index in [1.807, 2.05) is 44.2 Å². The normalized spacial score (nSPS) is 17.2. The molecule has 0 spiro atoms. The van der Waals surface area contributed by atoms with Crippen molar-refractivity contribution in [2.45, 2.75) is 25.9 Å². The number of likely N-dealkylation sites (tertiary alicyclic amines) is 1. The maximum Gasteiger partial charge on any atom is 0.226 e. The molecule has 19 heavy (non-hydrogen) atoms. The molecule has 104 valence electrons. The Morgan fingerprint density at radius 1 is 1.37 bits per heavy atom. The molecule has 0 aromatic heterocycles. The molecule has 1 amide bonds. The number of aliphatic hydroxyl groups is 1. The lowest BCUT2D eigenvalue weighted by Crippen LogP contribution is -2.66. The second-order valence-corrected chi connectivity index (χ2v) is 5.42. The lowest BCUT2D eigenvalue weighted by atomic mass is 9.83. The van der Waals surface area contributed by atoms with Crippen molar-refractivity contribution < 1.29 is 14.6 Å². The van der Waals surface area contributed by atoms with Gasteiger partial charge in [0.25, 0.3) is 0 Å². The van der Waals surface area contributed by atoms with Crippen molar-refractivity contribution >= 4 is 5.91 Å². The molecule has 1 aromatic carbocycles. The highest BCUT2D eigenvalue weighted by molar-refractivity contribution is 5.77. The number of para-hydroxylation sites is 1. The van der Waals surface area contributed by atoms with Crippen LogP contribution < -0.4 is 4.74 Å². The molecule has 4 heteroatoms. The Labute approximate surface area is 114 Å². The lowest BCUT2D eigenvalue weighted by molar-refractivity contribution is -0.164. The molecule has 1 aliphatic rings. The number of hydrogen-bond acceptors (Lipinski definition) is 3. The largest absolute Gasteiger partial charge is 0.493 e. The van der Waals surface area contributed by atoms with Crippen LogP contribution in [0.25, 0.3) is 0 Å². The molecule has 1 fully saturated rings. The number of β-amino-alcohol motifs (C(OH)–C–C–N with tert-alkyl or cyclic N) is 1. The standard InChI is InChI=1S/C15H21NO3/c1-12(2)15(18)10-16(11-15)14(17)8-9-19-13-6-4-3-5-7-13/h3-7,12,18H,8-11H2,1-2H3. The minimum atomic E-state index is -0.698. The summed E-state index contributed by atoms with van der Waals surface area (Å²) in [5.41, 5.74) is -0.698. The zero-order chi connectivity index (χ0) is 13.9. The fourth-order valence-corrected chi connectivity index (χ4v) is 2.09. The van der Waals surface area contributed by atoms with Gasteiger partial charge in [-0.05, 0) is 18.1 Å². The zero-order valence-corrected chi connectivity index (χ0v) is 11.5. The zero-order valence-electron chi connectivity index (χ0n) is 11.5. The third-order valence-corrected chi connectivity index (χ3v) is 3.68. The summed E-state index contributed by atoms with van der Waals surface area (Å²) in [6.07, 6.45) is 0.350. The average Bonchev–Trinajstić information content (AvgIpc) is 2.35. The number of rotatable bonds is 5. The first-order valence-electron chi connectivity index (χ1n) is 6.69.